The second-order valence-electron chi connectivity index (χ2n) is 10.4. The number of likely N-dealkylation sites (tertiary alicyclic amines) is 1. The lowest BCUT2D eigenvalue weighted by molar-refractivity contribution is -0.146. The summed E-state index contributed by atoms with van der Waals surface area (Å²) >= 11 is 0. The van der Waals surface area contributed by atoms with Gasteiger partial charge in [0, 0.05) is 48.6 Å². The van der Waals surface area contributed by atoms with Crippen LogP contribution in [-0.4, -0.2) is 63.1 Å². The van der Waals surface area contributed by atoms with E-state index in [1.54, 1.807) is 0 Å². The predicted molar refractivity (Wildman–Crippen MR) is 131 cm³/mol. The average Bonchev–Trinajstić information content (AvgIpc) is 3.64. The Morgan fingerprint density at radius 2 is 1.77 bits per heavy atom. The number of benzene rings is 1. The number of halogens is 4. The quantitative estimate of drug-likeness (QED) is 0.482. The van der Waals surface area contributed by atoms with Gasteiger partial charge in [0.05, 0.1) is 11.6 Å². The van der Waals surface area contributed by atoms with Crippen molar-refractivity contribution in [2.75, 3.05) is 29.9 Å². The molecule has 2 N–H and O–H groups in total. The lowest BCUT2D eigenvalue weighted by Gasteiger charge is -2.43. The van der Waals surface area contributed by atoms with Crippen molar-refractivity contribution in [3.63, 3.8) is 0 Å². The minimum Gasteiger partial charge on any atom is -0.380 e. The molecule has 2 aromatic heterocycles. The summed E-state index contributed by atoms with van der Waals surface area (Å²) in [7, 11) is 0. The highest BCUT2D eigenvalue weighted by Crippen LogP contribution is 2.44. The molecule has 202 valence electrons. The van der Waals surface area contributed by atoms with Crippen molar-refractivity contribution in [3.8, 4) is 0 Å². The molecule has 1 saturated carbocycles. The molecule has 0 spiro atoms. The molecule has 1 saturated heterocycles. The van der Waals surface area contributed by atoms with Crippen molar-refractivity contribution in [3.05, 3.63) is 82.7 Å². The molecule has 0 radical (unpaired) electrons. The highest BCUT2D eigenvalue weighted by molar-refractivity contribution is 6.08. The molecule has 1 aromatic carbocycles. The summed E-state index contributed by atoms with van der Waals surface area (Å²) in [6.07, 6.45) is 3.20. The molecule has 2 fully saturated rings. The average molecular weight is 542 g/mol. The van der Waals surface area contributed by atoms with Gasteiger partial charge in [0.25, 0.3) is 11.8 Å². The number of rotatable bonds is 5. The van der Waals surface area contributed by atoms with E-state index < -0.39 is 46.7 Å². The Morgan fingerprint density at radius 1 is 1.05 bits per heavy atom. The predicted octanol–water partition coefficient (Wildman–Crippen LogP) is 3.15. The number of aromatic nitrogens is 2. The number of carbonyl (C=O) groups is 2. The first kappa shape index (κ1) is 25.2. The van der Waals surface area contributed by atoms with E-state index in [4.69, 9.17) is 0 Å². The molecule has 0 bridgehead atoms. The number of pyridine rings is 2. The van der Waals surface area contributed by atoms with Crippen LogP contribution in [0.3, 0.4) is 0 Å². The van der Waals surface area contributed by atoms with Gasteiger partial charge < -0.3 is 15.3 Å². The summed E-state index contributed by atoms with van der Waals surface area (Å²) in [5.41, 5.74) is -3.67. The molecule has 39 heavy (non-hydrogen) atoms. The second kappa shape index (κ2) is 8.73. The maximum atomic E-state index is 16.2. The van der Waals surface area contributed by atoms with Crippen molar-refractivity contribution >= 4 is 23.5 Å². The molecule has 8 nitrogen and oxygen atoms in total. The summed E-state index contributed by atoms with van der Waals surface area (Å²) in [6, 6.07) is 5.54. The first-order chi connectivity index (χ1) is 18.5. The number of anilines is 2. The van der Waals surface area contributed by atoms with E-state index in [-0.39, 0.29) is 53.4 Å². The highest BCUT2D eigenvalue weighted by atomic mass is 19.2. The molecule has 3 aliphatic rings. The van der Waals surface area contributed by atoms with Gasteiger partial charge in [0.15, 0.2) is 34.9 Å². The SMILES string of the molecule is C[C@]1(c2cccc(F)c2F)CN(c2ncccc2F)C(=O)c2cnc(NC3CN(C(=O)C4(O)CC4)C3)c(F)c21. The molecular weight excluding hydrogens is 518 g/mol. The number of nitrogens with one attached hydrogen (secondary N) is 1. The summed E-state index contributed by atoms with van der Waals surface area (Å²) in [5.74, 6) is -5.89. The molecule has 3 aromatic rings. The second-order valence-corrected chi connectivity index (χ2v) is 10.4. The number of amides is 2. The molecule has 2 amide bonds. The van der Waals surface area contributed by atoms with Gasteiger partial charge in [-0.2, -0.15) is 0 Å². The van der Waals surface area contributed by atoms with Crippen molar-refractivity contribution in [2.45, 2.75) is 36.8 Å². The van der Waals surface area contributed by atoms with Crippen LogP contribution in [0.2, 0.25) is 0 Å². The zero-order valence-electron chi connectivity index (χ0n) is 20.7. The fraction of sp³-hybridized carbons (Fsp3) is 0.333. The first-order valence-electron chi connectivity index (χ1n) is 12.4. The van der Waals surface area contributed by atoms with Crippen molar-refractivity contribution < 1.29 is 32.3 Å². The number of fused-ring (bicyclic) bond motifs is 1. The Bertz CT molecular complexity index is 1530. The zero-order valence-corrected chi connectivity index (χ0v) is 20.7. The van der Waals surface area contributed by atoms with E-state index in [1.807, 2.05) is 0 Å². The number of nitrogens with zero attached hydrogens (tertiary/aromatic N) is 4. The van der Waals surface area contributed by atoms with Gasteiger partial charge in [-0.3, -0.25) is 14.5 Å². The van der Waals surface area contributed by atoms with Crippen molar-refractivity contribution in [1.82, 2.24) is 14.9 Å². The molecule has 12 heteroatoms. The first-order valence-corrected chi connectivity index (χ1v) is 12.4. The fourth-order valence-corrected chi connectivity index (χ4v) is 5.35. The number of carbonyl (C=O) groups excluding carboxylic acids is 2. The van der Waals surface area contributed by atoms with Gasteiger partial charge in [-0.05, 0) is 38.0 Å². The molecule has 4 heterocycles. The summed E-state index contributed by atoms with van der Waals surface area (Å²) in [6.45, 7) is 1.43. The van der Waals surface area contributed by atoms with Crippen molar-refractivity contribution in [2.24, 2.45) is 0 Å². The van der Waals surface area contributed by atoms with Crippen LogP contribution in [0.25, 0.3) is 0 Å². The Morgan fingerprint density at radius 3 is 2.46 bits per heavy atom. The normalized spacial score (nSPS) is 21.8. The lowest BCUT2D eigenvalue weighted by Crippen LogP contribution is -2.60. The molecule has 1 atom stereocenters. The molecular formula is C27H23F4N5O3. The molecule has 1 aliphatic carbocycles. The Balaban J connectivity index is 1.40. The Hall–Kier alpha value is -4.06. The summed E-state index contributed by atoms with van der Waals surface area (Å²) < 4.78 is 60.4. The van der Waals surface area contributed by atoms with Crippen LogP contribution in [0.5, 0.6) is 0 Å². The maximum absolute atomic E-state index is 16.2. The third kappa shape index (κ3) is 3.92. The van der Waals surface area contributed by atoms with Crippen LogP contribution in [0.1, 0.15) is 41.3 Å². The monoisotopic (exact) mass is 541 g/mol. The van der Waals surface area contributed by atoms with E-state index in [9.17, 15) is 23.5 Å². The van der Waals surface area contributed by atoms with Crippen molar-refractivity contribution in [1.29, 1.82) is 0 Å². The van der Waals surface area contributed by atoms with Gasteiger partial charge in [0.2, 0.25) is 0 Å². The Kier molecular flexibility index (Phi) is 5.65. The molecule has 0 unspecified atom stereocenters. The van der Waals surface area contributed by atoms with Crippen LogP contribution in [0.15, 0.2) is 42.7 Å². The standard InChI is InChI=1S/C27H23F4N5O3/c1-26(16-4-2-5-17(28)20(16)30)13-36(23-18(29)6-3-9-32-23)24(37)15-10-33-22(21(31)19(15)26)34-14-11-35(12-14)25(38)27(39)7-8-27/h2-6,9-10,14,39H,7-8,11-13H2,1H3,(H,33,34)/t26-/m1/s1. The van der Waals surface area contributed by atoms with Gasteiger partial charge in [-0.25, -0.2) is 27.5 Å². The number of hydrogen-bond donors (Lipinski definition) is 2. The van der Waals surface area contributed by atoms with Gasteiger partial charge in [-0.1, -0.05) is 12.1 Å². The van der Waals surface area contributed by atoms with E-state index in [1.165, 1.54) is 36.2 Å². The topological polar surface area (TPSA) is 98.7 Å². The zero-order chi connectivity index (χ0) is 27.7. The third-order valence-corrected chi connectivity index (χ3v) is 7.69. The van der Waals surface area contributed by atoms with E-state index in [2.05, 4.69) is 15.3 Å². The molecule has 6 rings (SSSR count). The summed E-state index contributed by atoms with van der Waals surface area (Å²) in [4.78, 5) is 36.2. The third-order valence-electron chi connectivity index (χ3n) is 7.69. The van der Waals surface area contributed by atoms with E-state index in [0.717, 1.165) is 23.2 Å². The van der Waals surface area contributed by atoms with Crippen LogP contribution in [-0.2, 0) is 10.2 Å². The largest absolute Gasteiger partial charge is 0.380 e. The number of hydrogen-bond acceptors (Lipinski definition) is 6. The maximum Gasteiger partial charge on any atom is 0.261 e. The fourth-order valence-electron chi connectivity index (χ4n) is 5.35. The summed E-state index contributed by atoms with van der Waals surface area (Å²) in [5, 5.41) is 12.9. The smallest absolute Gasteiger partial charge is 0.261 e. The van der Waals surface area contributed by atoms with Gasteiger partial charge in [-0.15, -0.1) is 0 Å². The van der Waals surface area contributed by atoms with Crippen LogP contribution in [0.4, 0.5) is 29.2 Å². The van der Waals surface area contributed by atoms with Crippen LogP contribution in [0, 0.1) is 23.3 Å². The lowest BCUT2D eigenvalue weighted by atomic mass is 9.71. The Labute approximate surface area is 220 Å². The van der Waals surface area contributed by atoms with Gasteiger partial charge in [0.1, 0.15) is 5.60 Å². The molecule has 2 aliphatic heterocycles. The van der Waals surface area contributed by atoms with E-state index >= 15 is 8.78 Å². The minimum absolute atomic E-state index is 0.209. The van der Waals surface area contributed by atoms with E-state index in [0.29, 0.717) is 12.8 Å². The highest BCUT2D eigenvalue weighted by Gasteiger charge is 2.52. The van der Waals surface area contributed by atoms with Crippen LogP contribution >= 0.6 is 0 Å². The van der Waals surface area contributed by atoms with Crippen LogP contribution < -0.4 is 10.2 Å². The minimum atomic E-state index is -1.67. The number of aliphatic hydroxyl groups is 1. The van der Waals surface area contributed by atoms with Gasteiger partial charge >= 0.3 is 0 Å².